The SMILES string of the molecule is COc1cc(C)c(NC(=O)c2ccccc2C(=O)c2ccc(Cl)cc2)cc1C(C)C. The van der Waals surface area contributed by atoms with E-state index in [1.165, 1.54) is 0 Å². The number of aryl methyl sites for hydroxylation is 1. The zero-order chi connectivity index (χ0) is 21.8. The summed E-state index contributed by atoms with van der Waals surface area (Å²) in [5.41, 5.74) is 3.71. The molecule has 1 N–H and O–H groups in total. The van der Waals surface area contributed by atoms with Crippen LogP contribution in [0.3, 0.4) is 0 Å². The van der Waals surface area contributed by atoms with Gasteiger partial charge in [-0.3, -0.25) is 9.59 Å². The van der Waals surface area contributed by atoms with Crippen molar-refractivity contribution in [2.45, 2.75) is 26.7 Å². The number of ketones is 1. The van der Waals surface area contributed by atoms with Crippen molar-refractivity contribution in [2.24, 2.45) is 0 Å². The predicted octanol–water partition coefficient (Wildman–Crippen LogP) is 6.26. The Bertz CT molecular complexity index is 1090. The Kier molecular flexibility index (Phi) is 6.58. The molecule has 1 amide bonds. The van der Waals surface area contributed by atoms with E-state index in [1.54, 1.807) is 55.6 Å². The van der Waals surface area contributed by atoms with Crippen molar-refractivity contribution in [3.63, 3.8) is 0 Å². The summed E-state index contributed by atoms with van der Waals surface area (Å²) < 4.78 is 5.47. The van der Waals surface area contributed by atoms with Crippen molar-refractivity contribution in [3.8, 4) is 5.75 Å². The molecule has 0 fully saturated rings. The van der Waals surface area contributed by atoms with Crippen LogP contribution in [0.2, 0.25) is 5.02 Å². The van der Waals surface area contributed by atoms with Crippen molar-refractivity contribution in [1.29, 1.82) is 0 Å². The summed E-state index contributed by atoms with van der Waals surface area (Å²) >= 11 is 5.92. The third kappa shape index (κ3) is 4.55. The van der Waals surface area contributed by atoms with Crippen molar-refractivity contribution in [2.75, 3.05) is 12.4 Å². The molecule has 3 rings (SSSR count). The van der Waals surface area contributed by atoms with Gasteiger partial charge >= 0.3 is 0 Å². The minimum absolute atomic E-state index is 0.230. The fraction of sp³-hybridized carbons (Fsp3) is 0.200. The quantitative estimate of drug-likeness (QED) is 0.477. The molecule has 0 saturated carbocycles. The molecule has 4 nitrogen and oxygen atoms in total. The average molecular weight is 422 g/mol. The molecule has 0 radical (unpaired) electrons. The van der Waals surface area contributed by atoms with Gasteiger partial charge in [-0.2, -0.15) is 0 Å². The highest BCUT2D eigenvalue weighted by Gasteiger charge is 2.19. The molecule has 0 aliphatic heterocycles. The molecule has 3 aromatic rings. The zero-order valence-corrected chi connectivity index (χ0v) is 18.2. The molecule has 0 atom stereocenters. The maximum Gasteiger partial charge on any atom is 0.256 e. The first-order valence-electron chi connectivity index (χ1n) is 9.71. The van der Waals surface area contributed by atoms with Crippen molar-refractivity contribution in [1.82, 2.24) is 0 Å². The van der Waals surface area contributed by atoms with Crippen LogP contribution in [0, 0.1) is 6.92 Å². The Balaban J connectivity index is 1.95. The monoisotopic (exact) mass is 421 g/mol. The molecular formula is C25H24ClNO3. The van der Waals surface area contributed by atoms with E-state index in [9.17, 15) is 9.59 Å². The number of methoxy groups -OCH3 is 1. The van der Waals surface area contributed by atoms with Crippen LogP contribution in [0.5, 0.6) is 5.75 Å². The standard InChI is InChI=1S/C25H24ClNO3/c1-15(2)21-14-22(16(3)13-23(21)30-4)27-25(29)20-8-6-5-7-19(20)24(28)17-9-11-18(26)12-10-17/h5-15H,1-4H3,(H,27,29). The number of carbonyl (C=O) groups excluding carboxylic acids is 2. The number of halogens is 1. The summed E-state index contributed by atoms with van der Waals surface area (Å²) in [6.45, 7) is 6.05. The maximum atomic E-state index is 13.1. The normalized spacial score (nSPS) is 10.7. The minimum atomic E-state index is -0.337. The lowest BCUT2D eigenvalue weighted by Gasteiger charge is -2.17. The summed E-state index contributed by atoms with van der Waals surface area (Å²) in [5, 5.41) is 3.51. The number of carbonyl (C=O) groups is 2. The molecular weight excluding hydrogens is 398 g/mol. The number of hydrogen-bond donors (Lipinski definition) is 1. The third-order valence-corrected chi connectivity index (χ3v) is 5.22. The number of anilines is 1. The van der Waals surface area contributed by atoms with E-state index in [-0.39, 0.29) is 17.6 Å². The number of benzene rings is 3. The topological polar surface area (TPSA) is 55.4 Å². The second-order valence-corrected chi connectivity index (χ2v) is 7.84. The van der Waals surface area contributed by atoms with E-state index in [2.05, 4.69) is 19.2 Å². The molecule has 0 bridgehead atoms. The highest BCUT2D eigenvalue weighted by Crippen LogP contribution is 2.32. The van der Waals surface area contributed by atoms with E-state index >= 15 is 0 Å². The molecule has 0 heterocycles. The largest absolute Gasteiger partial charge is 0.496 e. The second-order valence-electron chi connectivity index (χ2n) is 7.40. The molecule has 0 aliphatic carbocycles. The van der Waals surface area contributed by atoms with Crippen molar-refractivity contribution >= 4 is 29.0 Å². The molecule has 0 unspecified atom stereocenters. The van der Waals surface area contributed by atoms with Gasteiger partial charge in [-0.05, 0) is 66.4 Å². The molecule has 30 heavy (non-hydrogen) atoms. The number of amides is 1. The summed E-state index contributed by atoms with van der Waals surface area (Å²) in [6, 6.07) is 17.3. The summed E-state index contributed by atoms with van der Waals surface area (Å²) in [6.07, 6.45) is 0. The fourth-order valence-corrected chi connectivity index (χ4v) is 3.41. The van der Waals surface area contributed by atoms with Gasteiger partial charge in [0.15, 0.2) is 5.78 Å². The first kappa shape index (κ1) is 21.6. The van der Waals surface area contributed by atoms with Crippen LogP contribution in [0.15, 0.2) is 60.7 Å². The van der Waals surface area contributed by atoms with Crippen LogP contribution in [0.25, 0.3) is 0 Å². The average Bonchev–Trinajstić information content (AvgIpc) is 2.74. The molecule has 5 heteroatoms. The van der Waals surface area contributed by atoms with E-state index < -0.39 is 0 Å². The van der Waals surface area contributed by atoms with Gasteiger partial charge in [0.25, 0.3) is 5.91 Å². The van der Waals surface area contributed by atoms with Crippen LogP contribution >= 0.6 is 11.6 Å². The van der Waals surface area contributed by atoms with Crippen molar-refractivity contribution < 1.29 is 14.3 Å². The van der Waals surface area contributed by atoms with Crippen LogP contribution in [-0.4, -0.2) is 18.8 Å². The predicted molar refractivity (Wildman–Crippen MR) is 121 cm³/mol. The van der Waals surface area contributed by atoms with E-state index in [0.29, 0.717) is 27.4 Å². The molecule has 154 valence electrons. The molecule has 0 aliphatic rings. The molecule has 0 spiro atoms. The van der Waals surface area contributed by atoms with Gasteiger partial charge in [0, 0.05) is 21.8 Å². The van der Waals surface area contributed by atoms with E-state index in [0.717, 1.165) is 16.9 Å². The molecule has 0 aromatic heterocycles. The fourth-order valence-electron chi connectivity index (χ4n) is 3.29. The van der Waals surface area contributed by atoms with Crippen molar-refractivity contribution in [3.05, 3.63) is 93.5 Å². The Labute approximate surface area is 181 Å². The Morgan fingerprint density at radius 2 is 1.60 bits per heavy atom. The maximum absolute atomic E-state index is 13.1. The third-order valence-electron chi connectivity index (χ3n) is 4.97. The molecule has 0 saturated heterocycles. The summed E-state index contributed by atoms with van der Waals surface area (Å²) in [7, 11) is 1.64. The van der Waals surface area contributed by atoms with Crippen LogP contribution in [0.4, 0.5) is 5.69 Å². The lowest BCUT2D eigenvalue weighted by Crippen LogP contribution is -2.17. The van der Waals surface area contributed by atoms with Crippen LogP contribution < -0.4 is 10.1 Å². The van der Waals surface area contributed by atoms with Gasteiger partial charge in [-0.25, -0.2) is 0 Å². The number of nitrogens with one attached hydrogen (secondary N) is 1. The van der Waals surface area contributed by atoms with Gasteiger partial charge < -0.3 is 10.1 Å². The molecule has 3 aromatic carbocycles. The summed E-state index contributed by atoms with van der Waals surface area (Å²) in [4.78, 5) is 26.1. The lowest BCUT2D eigenvalue weighted by atomic mass is 9.97. The minimum Gasteiger partial charge on any atom is -0.496 e. The van der Waals surface area contributed by atoms with E-state index in [1.807, 2.05) is 19.1 Å². The highest BCUT2D eigenvalue weighted by molar-refractivity contribution is 6.30. The lowest BCUT2D eigenvalue weighted by molar-refractivity contribution is 0.0996. The highest BCUT2D eigenvalue weighted by atomic mass is 35.5. The number of ether oxygens (including phenoxy) is 1. The zero-order valence-electron chi connectivity index (χ0n) is 17.5. The second kappa shape index (κ2) is 9.14. The van der Waals surface area contributed by atoms with Crippen LogP contribution in [-0.2, 0) is 0 Å². The first-order valence-corrected chi connectivity index (χ1v) is 10.1. The van der Waals surface area contributed by atoms with Crippen LogP contribution in [0.1, 0.15) is 57.2 Å². The Morgan fingerprint density at radius 1 is 0.967 bits per heavy atom. The number of rotatable bonds is 6. The Hall–Kier alpha value is -3.11. The van der Waals surface area contributed by atoms with E-state index in [4.69, 9.17) is 16.3 Å². The first-order chi connectivity index (χ1) is 14.3. The van der Waals surface area contributed by atoms with Gasteiger partial charge in [0.05, 0.1) is 12.7 Å². The van der Waals surface area contributed by atoms with Gasteiger partial charge in [0.2, 0.25) is 0 Å². The number of hydrogen-bond acceptors (Lipinski definition) is 3. The smallest absolute Gasteiger partial charge is 0.256 e. The summed E-state index contributed by atoms with van der Waals surface area (Å²) in [5.74, 6) is 0.455. The van der Waals surface area contributed by atoms with Gasteiger partial charge in [-0.15, -0.1) is 0 Å². The Morgan fingerprint density at radius 3 is 2.20 bits per heavy atom. The van der Waals surface area contributed by atoms with Gasteiger partial charge in [-0.1, -0.05) is 43.6 Å². The van der Waals surface area contributed by atoms with Gasteiger partial charge in [0.1, 0.15) is 5.75 Å².